The molecule has 3 fully saturated rings. The molecule has 1 aliphatic carbocycles. The van der Waals surface area contributed by atoms with Crippen LogP contribution in [-0.4, -0.2) is 36.5 Å². The van der Waals surface area contributed by atoms with Crippen LogP contribution < -0.4 is 5.32 Å². The molecule has 1 spiro atoms. The smallest absolute Gasteiger partial charge is 0.0686 e. The third-order valence-corrected chi connectivity index (χ3v) is 5.10. The number of hydrogen-bond donors (Lipinski definition) is 2. The maximum absolute atomic E-state index is 10.6. The predicted molar refractivity (Wildman–Crippen MR) is 66.9 cm³/mol. The lowest BCUT2D eigenvalue weighted by atomic mass is 9.69. The van der Waals surface area contributed by atoms with Crippen molar-refractivity contribution in [2.45, 2.75) is 56.7 Å². The minimum atomic E-state index is -0.107. The molecule has 2 saturated heterocycles. The molecule has 0 aromatic heterocycles. The van der Waals surface area contributed by atoms with Gasteiger partial charge in [-0.05, 0) is 63.3 Å². The lowest BCUT2D eigenvalue weighted by Crippen LogP contribution is -2.50. The van der Waals surface area contributed by atoms with Crippen LogP contribution in [0.2, 0.25) is 0 Å². The van der Waals surface area contributed by atoms with Gasteiger partial charge in [0.2, 0.25) is 0 Å². The first kappa shape index (κ1) is 11.9. The van der Waals surface area contributed by atoms with E-state index in [0.717, 1.165) is 32.5 Å². The topological polar surface area (TPSA) is 41.5 Å². The molecule has 0 amide bonds. The Morgan fingerprint density at radius 1 is 1.18 bits per heavy atom. The molecule has 3 unspecified atom stereocenters. The largest absolute Gasteiger partial charge is 0.392 e. The Morgan fingerprint density at radius 3 is 2.71 bits per heavy atom. The van der Waals surface area contributed by atoms with Gasteiger partial charge in [-0.25, -0.2) is 0 Å². The molecule has 0 radical (unpaired) electrons. The van der Waals surface area contributed by atoms with Crippen LogP contribution in [-0.2, 0) is 4.74 Å². The van der Waals surface area contributed by atoms with Crippen LogP contribution in [0.15, 0.2) is 0 Å². The lowest BCUT2D eigenvalue weighted by Gasteiger charge is -2.49. The summed E-state index contributed by atoms with van der Waals surface area (Å²) in [4.78, 5) is 0. The summed E-state index contributed by atoms with van der Waals surface area (Å²) in [5, 5.41) is 14.0. The zero-order valence-electron chi connectivity index (χ0n) is 10.7. The number of nitrogens with one attached hydrogen (secondary N) is 1. The summed E-state index contributed by atoms with van der Waals surface area (Å²) in [6.07, 6.45) is 8.22. The number of ether oxygens (including phenoxy) is 1. The van der Waals surface area contributed by atoms with Gasteiger partial charge in [-0.1, -0.05) is 0 Å². The van der Waals surface area contributed by atoms with E-state index >= 15 is 0 Å². The van der Waals surface area contributed by atoms with Gasteiger partial charge in [0.1, 0.15) is 0 Å². The molecule has 2 aliphatic heterocycles. The van der Waals surface area contributed by atoms with E-state index < -0.39 is 0 Å². The van der Waals surface area contributed by atoms with Gasteiger partial charge < -0.3 is 15.2 Å². The summed E-state index contributed by atoms with van der Waals surface area (Å²) in [6, 6.07) is 0. The molecule has 0 aromatic carbocycles. The number of aliphatic hydroxyl groups excluding tert-OH is 1. The van der Waals surface area contributed by atoms with Crippen LogP contribution >= 0.6 is 0 Å². The summed E-state index contributed by atoms with van der Waals surface area (Å²) in [5.74, 6) is 0.956. The van der Waals surface area contributed by atoms with E-state index in [1.165, 1.54) is 32.1 Å². The molecule has 3 atom stereocenters. The van der Waals surface area contributed by atoms with Crippen molar-refractivity contribution in [3.8, 4) is 0 Å². The van der Waals surface area contributed by atoms with Crippen molar-refractivity contribution in [3.63, 3.8) is 0 Å². The van der Waals surface area contributed by atoms with Gasteiger partial charge in [0.25, 0.3) is 0 Å². The molecule has 3 rings (SSSR count). The van der Waals surface area contributed by atoms with Crippen molar-refractivity contribution in [2.24, 2.45) is 11.8 Å². The van der Waals surface area contributed by atoms with Crippen molar-refractivity contribution >= 4 is 0 Å². The molecular formula is C14H25NO2. The molecule has 0 bridgehead atoms. The maximum Gasteiger partial charge on any atom is 0.0686 e. The first-order chi connectivity index (χ1) is 8.29. The standard InChI is InChI=1S/C14H25NO2/c16-13(12-3-1-7-15-10-12)11-4-8-17-14(9-11)5-2-6-14/h11-13,15-16H,1-10H2. The highest BCUT2D eigenvalue weighted by atomic mass is 16.5. The molecular weight excluding hydrogens is 214 g/mol. The zero-order valence-corrected chi connectivity index (χ0v) is 10.7. The second-order valence-corrected chi connectivity index (χ2v) is 6.23. The van der Waals surface area contributed by atoms with Gasteiger partial charge in [-0.15, -0.1) is 0 Å². The van der Waals surface area contributed by atoms with E-state index in [-0.39, 0.29) is 11.7 Å². The summed E-state index contributed by atoms with van der Waals surface area (Å²) in [5.41, 5.74) is 0.173. The van der Waals surface area contributed by atoms with Gasteiger partial charge in [0.05, 0.1) is 11.7 Å². The number of rotatable bonds is 2. The van der Waals surface area contributed by atoms with Gasteiger partial charge in [-0.2, -0.15) is 0 Å². The summed E-state index contributed by atoms with van der Waals surface area (Å²) in [7, 11) is 0. The second-order valence-electron chi connectivity index (χ2n) is 6.23. The monoisotopic (exact) mass is 239 g/mol. The van der Waals surface area contributed by atoms with Crippen LogP contribution in [0.4, 0.5) is 0 Å². The van der Waals surface area contributed by atoms with E-state index in [1.807, 2.05) is 0 Å². The minimum absolute atomic E-state index is 0.107. The first-order valence-corrected chi connectivity index (χ1v) is 7.32. The SMILES string of the molecule is OC(C1CCCNC1)C1CCOC2(CCC2)C1. The van der Waals surface area contributed by atoms with Crippen LogP contribution in [0.25, 0.3) is 0 Å². The van der Waals surface area contributed by atoms with Crippen LogP contribution in [0.3, 0.4) is 0 Å². The Labute approximate surface area is 104 Å². The highest BCUT2D eigenvalue weighted by Gasteiger charge is 2.45. The molecule has 17 heavy (non-hydrogen) atoms. The summed E-state index contributed by atoms with van der Waals surface area (Å²) in [6.45, 7) is 2.99. The van der Waals surface area contributed by atoms with Crippen LogP contribution in [0.5, 0.6) is 0 Å². The molecule has 3 nitrogen and oxygen atoms in total. The Bertz CT molecular complexity index is 259. The predicted octanol–water partition coefficient (Wildman–Crippen LogP) is 1.70. The molecule has 2 heterocycles. The Kier molecular flexibility index (Phi) is 3.42. The average Bonchev–Trinajstić information content (AvgIpc) is 2.37. The van der Waals surface area contributed by atoms with Crippen LogP contribution in [0.1, 0.15) is 44.9 Å². The molecule has 1 saturated carbocycles. The zero-order chi connectivity index (χ0) is 11.7. The van der Waals surface area contributed by atoms with Crippen LogP contribution in [0, 0.1) is 11.8 Å². The summed E-state index contributed by atoms with van der Waals surface area (Å²) < 4.78 is 5.94. The van der Waals surface area contributed by atoms with E-state index in [1.54, 1.807) is 0 Å². The number of piperidine rings is 1. The Hall–Kier alpha value is -0.120. The van der Waals surface area contributed by atoms with Gasteiger partial charge in [0.15, 0.2) is 0 Å². The molecule has 98 valence electrons. The number of aliphatic hydroxyl groups is 1. The van der Waals surface area contributed by atoms with Crippen molar-refractivity contribution < 1.29 is 9.84 Å². The fourth-order valence-corrected chi connectivity index (χ4v) is 3.83. The van der Waals surface area contributed by atoms with E-state index in [0.29, 0.717) is 11.8 Å². The highest BCUT2D eigenvalue weighted by Crippen LogP contribution is 2.45. The lowest BCUT2D eigenvalue weighted by molar-refractivity contribution is -0.161. The maximum atomic E-state index is 10.6. The molecule has 3 heteroatoms. The van der Waals surface area contributed by atoms with E-state index in [2.05, 4.69) is 5.32 Å². The van der Waals surface area contributed by atoms with Crippen molar-refractivity contribution in [3.05, 3.63) is 0 Å². The van der Waals surface area contributed by atoms with Crippen molar-refractivity contribution in [1.29, 1.82) is 0 Å². The Balaban J connectivity index is 1.58. The van der Waals surface area contributed by atoms with E-state index in [9.17, 15) is 5.11 Å². The fraction of sp³-hybridized carbons (Fsp3) is 1.00. The quantitative estimate of drug-likeness (QED) is 0.770. The van der Waals surface area contributed by atoms with E-state index in [4.69, 9.17) is 4.74 Å². The Morgan fingerprint density at radius 2 is 2.06 bits per heavy atom. The second kappa shape index (κ2) is 4.87. The molecule has 0 aromatic rings. The fourth-order valence-electron chi connectivity index (χ4n) is 3.83. The third-order valence-electron chi connectivity index (χ3n) is 5.10. The number of hydrogen-bond acceptors (Lipinski definition) is 3. The molecule has 2 N–H and O–H groups in total. The van der Waals surface area contributed by atoms with Gasteiger partial charge in [0, 0.05) is 13.2 Å². The van der Waals surface area contributed by atoms with Crippen molar-refractivity contribution in [1.82, 2.24) is 5.32 Å². The van der Waals surface area contributed by atoms with Gasteiger partial charge >= 0.3 is 0 Å². The highest BCUT2D eigenvalue weighted by molar-refractivity contribution is 4.96. The van der Waals surface area contributed by atoms with Gasteiger partial charge in [-0.3, -0.25) is 0 Å². The summed E-state index contributed by atoms with van der Waals surface area (Å²) >= 11 is 0. The third kappa shape index (κ3) is 2.38. The first-order valence-electron chi connectivity index (χ1n) is 7.32. The molecule has 3 aliphatic rings. The average molecular weight is 239 g/mol. The normalized spacial score (nSPS) is 38.6. The minimum Gasteiger partial charge on any atom is -0.392 e. The van der Waals surface area contributed by atoms with Crippen molar-refractivity contribution in [2.75, 3.05) is 19.7 Å².